The molecule has 2 heterocycles. The van der Waals surface area contributed by atoms with E-state index in [0.29, 0.717) is 22.5 Å². The maximum Gasteiger partial charge on any atom is 0.150 e. The largest absolute Gasteiger partial charge is 0.298 e. The lowest BCUT2D eigenvalue weighted by atomic mass is 10.0. The van der Waals surface area contributed by atoms with Crippen LogP contribution in [0.5, 0.6) is 0 Å². The average Bonchev–Trinajstić information content (AvgIpc) is 2.68. The molecule has 0 saturated heterocycles. The van der Waals surface area contributed by atoms with Gasteiger partial charge < -0.3 is 0 Å². The molecule has 4 rings (SSSR count). The maximum atomic E-state index is 14.1. The standard InChI is InChI=1S/C22H16FN2OP/c1-13-8-21(24-11-18(13)16-4-2-3-5-19(16)23)22-9-14(12-26)17-10-15(27)6-7-20(17)25-22/h2-12H,27H2,1H3. The van der Waals surface area contributed by atoms with Crippen molar-refractivity contribution in [3.05, 3.63) is 77.7 Å². The number of aryl methyl sites for hydroxylation is 1. The summed E-state index contributed by atoms with van der Waals surface area (Å²) in [6.07, 6.45) is 2.49. The summed E-state index contributed by atoms with van der Waals surface area (Å²) in [5, 5.41) is 1.80. The first-order valence-corrected chi connectivity index (χ1v) is 9.02. The zero-order chi connectivity index (χ0) is 19.0. The van der Waals surface area contributed by atoms with E-state index >= 15 is 0 Å². The van der Waals surface area contributed by atoms with Crippen molar-refractivity contribution >= 4 is 31.7 Å². The minimum absolute atomic E-state index is 0.282. The van der Waals surface area contributed by atoms with E-state index in [4.69, 9.17) is 0 Å². The molecule has 132 valence electrons. The van der Waals surface area contributed by atoms with E-state index in [0.717, 1.165) is 33.6 Å². The molecule has 1 unspecified atom stereocenters. The van der Waals surface area contributed by atoms with Gasteiger partial charge in [-0.05, 0) is 48.1 Å². The molecule has 0 aliphatic carbocycles. The van der Waals surface area contributed by atoms with E-state index in [9.17, 15) is 9.18 Å². The van der Waals surface area contributed by atoms with Crippen molar-refractivity contribution in [2.45, 2.75) is 6.92 Å². The van der Waals surface area contributed by atoms with Gasteiger partial charge in [-0.2, -0.15) is 0 Å². The lowest BCUT2D eigenvalue weighted by Crippen LogP contribution is -1.98. The zero-order valence-electron chi connectivity index (χ0n) is 14.6. The van der Waals surface area contributed by atoms with Crippen molar-refractivity contribution in [1.29, 1.82) is 0 Å². The van der Waals surface area contributed by atoms with Gasteiger partial charge in [0, 0.05) is 28.3 Å². The van der Waals surface area contributed by atoms with Gasteiger partial charge in [-0.25, -0.2) is 9.37 Å². The molecule has 0 N–H and O–H groups in total. The first kappa shape index (κ1) is 17.4. The number of fused-ring (bicyclic) bond motifs is 1. The molecule has 0 radical (unpaired) electrons. The summed E-state index contributed by atoms with van der Waals surface area (Å²) in [7, 11) is 2.62. The number of aldehydes is 1. The molecule has 1 atom stereocenters. The molecule has 0 spiro atoms. The van der Waals surface area contributed by atoms with E-state index in [-0.39, 0.29) is 5.82 Å². The van der Waals surface area contributed by atoms with Gasteiger partial charge in [0.25, 0.3) is 0 Å². The van der Waals surface area contributed by atoms with Gasteiger partial charge in [0.15, 0.2) is 6.29 Å². The Kier molecular flexibility index (Phi) is 4.51. The van der Waals surface area contributed by atoms with Crippen molar-refractivity contribution in [2.75, 3.05) is 0 Å². The predicted octanol–water partition coefficient (Wildman–Crippen LogP) is 4.72. The molecular weight excluding hydrogens is 358 g/mol. The molecule has 0 fully saturated rings. The van der Waals surface area contributed by atoms with E-state index in [1.54, 1.807) is 30.5 Å². The molecular formula is C22H16FN2OP. The lowest BCUT2D eigenvalue weighted by molar-refractivity contribution is 0.112. The minimum atomic E-state index is -0.282. The van der Waals surface area contributed by atoms with Gasteiger partial charge >= 0.3 is 0 Å². The van der Waals surface area contributed by atoms with Crippen molar-refractivity contribution in [3.8, 4) is 22.5 Å². The fraction of sp³-hybridized carbons (Fsp3) is 0.0455. The predicted molar refractivity (Wildman–Crippen MR) is 110 cm³/mol. The van der Waals surface area contributed by atoms with Crippen LogP contribution in [0.15, 0.2) is 60.8 Å². The zero-order valence-corrected chi connectivity index (χ0v) is 15.8. The fourth-order valence-electron chi connectivity index (χ4n) is 3.16. The van der Waals surface area contributed by atoms with Crippen LogP contribution in [0.2, 0.25) is 0 Å². The van der Waals surface area contributed by atoms with Crippen LogP contribution in [0, 0.1) is 12.7 Å². The van der Waals surface area contributed by atoms with Crippen molar-refractivity contribution in [2.24, 2.45) is 0 Å². The molecule has 27 heavy (non-hydrogen) atoms. The molecule has 2 aromatic heterocycles. The number of benzene rings is 2. The van der Waals surface area contributed by atoms with E-state index in [1.165, 1.54) is 6.07 Å². The van der Waals surface area contributed by atoms with Crippen molar-refractivity contribution in [1.82, 2.24) is 9.97 Å². The smallest absolute Gasteiger partial charge is 0.150 e. The number of nitrogens with zero attached hydrogens (tertiary/aromatic N) is 2. The SMILES string of the molecule is Cc1cc(-c2cc(C=O)c3cc(P)ccc3n2)ncc1-c1ccccc1F. The summed E-state index contributed by atoms with van der Waals surface area (Å²) in [5.41, 5.74) is 4.70. The number of carbonyl (C=O) groups is 1. The monoisotopic (exact) mass is 374 g/mol. The third kappa shape index (κ3) is 3.24. The first-order valence-electron chi connectivity index (χ1n) is 8.44. The molecule has 3 nitrogen and oxygen atoms in total. The highest BCUT2D eigenvalue weighted by Gasteiger charge is 2.12. The molecule has 0 aliphatic rings. The Balaban J connectivity index is 1.85. The Morgan fingerprint density at radius 1 is 1.00 bits per heavy atom. The lowest BCUT2D eigenvalue weighted by Gasteiger charge is -2.10. The Morgan fingerprint density at radius 3 is 2.56 bits per heavy atom. The van der Waals surface area contributed by atoms with Crippen LogP contribution in [0.4, 0.5) is 4.39 Å². The molecule has 0 aliphatic heterocycles. The average molecular weight is 374 g/mol. The Hall–Kier alpha value is -2.97. The van der Waals surface area contributed by atoms with Crippen LogP contribution in [0.3, 0.4) is 0 Å². The topological polar surface area (TPSA) is 42.9 Å². The van der Waals surface area contributed by atoms with E-state index in [1.807, 2.05) is 31.2 Å². The molecule has 4 aromatic rings. The van der Waals surface area contributed by atoms with E-state index < -0.39 is 0 Å². The van der Waals surface area contributed by atoms with Crippen molar-refractivity contribution < 1.29 is 9.18 Å². The molecule has 0 saturated carbocycles. The Bertz CT molecular complexity index is 1190. The number of hydrogen-bond acceptors (Lipinski definition) is 3. The van der Waals surface area contributed by atoms with Gasteiger partial charge in [0.2, 0.25) is 0 Å². The van der Waals surface area contributed by atoms with Crippen LogP contribution in [0.25, 0.3) is 33.4 Å². The second-order valence-electron chi connectivity index (χ2n) is 6.36. The number of aromatic nitrogens is 2. The number of hydrogen-bond donors (Lipinski definition) is 0. The molecule has 5 heteroatoms. The molecule has 0 amide bonds. The Labute approximate surface area is 158 Å². The fourth-order valence-corrected chi connectivity index (χ4v) is 3.42. The first-order chi connectivity index (χ1) is 13.1. The summed E-state index contributed by atoms with van der Waals surface area (Å²) in [4.78, 5) is 20.7. The van der Waals surface area contributed by atoms with Crippen molar-refractivity contribution in [3.63, 3.8) is 0 Å². The number of pyridine rings is 2. The summed E-state index contributed by atoms with van der Waals surface area (Å²) in [6, 6.07) is 16.0. The number of rotatable bonds is 3. The quantitative estimate of drug-likeness (QED) is 0.385. The number of halogens is 1. The van der Waals surface area contributed by atoms with Crippen LogP contribution in [-0.2, 0) is 0 Å². The van der Waals surface area contributed by atoms with Crippen LogP contribution >= 0.6 is 9.24 Å². The van der Waals surface area contributed by atoms with E-state index in [2.05, 4.69) is 19.2 Å². The van der Waals surface area contributed by atoms with Crippen LogP contribution in [-0.4, -0.2) is 16.3 Å². The third-order valence-electron chi connectivity index (χ3n) is 4.53. The second kappa shape index (κ2) is 6.98. The van der Waals surface area contributed by atoms with Crippen LogP contribution in [0.1, 0.15) is 15.9 Å². The summed E-state index contributed by atoms with van der Waals surface area (Å²) in [6.45, 7) is 1.91. The van der Waals surface area contributed by atoms with Crippen LogP contribution < -0.4 is 5.30 Å². The van der Waals surface area contributed by atoms with Gasteiger partial charge in [0.05, 0.1) is 16.9 Å². The summed E-state index contributed by atoms with van der Waals surface area (Å²) >= 11 is 0. The van der Waals surface area contributed by atoms with Gasteiger partial charge in [0.1, 0.15) is 5.82 Å². The van der Waals surface area contributed by atoms with Gasteiger partial charge in [-0.1, -0.05) is 24.3 Å². The highest BCUT2D eigenvalue weighted by Crippen LogP contribution is 2.29. The number of carbonyl (C=O) groups excluding carboxylic acids is 1. The highest BCUT2D eigenvalue weighted by atomic mass is 31.0. The normalized spacial score (nSPS) is 10.9. The highest BCUT2D eigenvalue weighted by molar-refractivity contribution is 7.27. The molecule has 0 bridgehead atoms. The minimum Gasteiger partial charge on any atom is -0.298 e. The maximum absolute atomic E-state index is 14.1. The summed E-state index contributed by atoms with van der Waals surface area (Å²) < 4.78 is 14.1. The second-order valence-corrected chi connectivity index (χ2v) is 7.02. The van der Waals surface area contributed by atoms with Gasteiger partial charge in [-0.3, -0.25) is 9.78 Å². The van der Waals surface area contributed by atoms with Gasteiger partial charge in [-0.15, -0.1) is 9.24 Å². The summed E-state index contributed by atoms with van der Waals surface area (Å²) in [5.74, 6) is -0.282. The Morgan fingerprint density at radius 2 is 1.81 bits per heavy atom. The molecule has 2 aromatic carbocycles. The third-order valence-corrected chi connectivity index (χ3v) is 4.89.